The standard InChI is InChI=1S/C31H31BClF2N6O2/c1-30(42)22-14-40(15-23(32-30)37-22)28-20-12-36-26(19-7-2-5-17-6-3-8-21(33)24(17)19)25(35)27(20)38-29(39-28)43-16-31-9-4-10-41(31)13-18(34)11-31/h2-3,5-8,12,18,22-23,37,42H,4,9-11,13-16H2,1H3/t18-,22-,23-,30-,31+/m1/s1. The molecule has 4 aliphatic rings. The number of pyridine rings is 1. The van der Waals surface area contributed by atoms with Crippen molar-refractivity contribution in [1.82, 2.24) is 25.2 Å². The summed E-state index contributed by atoms with van der Waals surface area (Å²) < 4.78 is 37.3. The Morgan fingerprint density at radius 2 is 2.02 bits per heavy atom. The van der Waals surface area contributed by atoms with Gasteiger partial charge in [0.15, 0.2) is 13.1 Å². The first-order valence-electron chi connectivity index (χ1n) is 14.9. The molecule has 8 rings (SSSR count). The van der Waals surface area contributed by atoms with Gasteiger partial charge in [0.2, 0.25) is 0 Å². The number of aliphatic hydroxyl groups is 1. The average molecular weight is 604 g/mol. The monoisotopic (exact) mass is 603 g/mol. The quantitative estimate of drug-likeness (QED) is 0.330. The third-order valence-electron chi connectivity index (χ3n) is 9.76. The number of fused-ring (bicyclic) bond motifs is 5. The molecule has 0 spiro atoms. The smallest absolute Gasteiger partial charge is 0.319 e. The molecule has 2 bridgehead atoms. The van der Waals surface area contributed by atoms with Crippen molar-refractivity contribution in [2.45, 2.75) is 55.4 Å². The van der Waals surface area contributed by atoms with Crippen LogP contribution < -0.4 is 15.0 Å². The minimum atomic E-state index is -0.984. The summed E-state index contributed by atoms with van der Waals surface area (Å²) in [5, 5.41) is 16.9. The molecule has 4 fully saturated rings. The van der Waals surface area contributed by atoms with Gasteiger partial charge in [0.05, 0.1) is 10.9 Å². The Labute approximate surface area is 253 Å². The number of piperazine rings is 1. The molecule has 2 N–H and O–H groups in total. The number of nitrogens with zero attached hydrogens (tertiary/aromatic N) is 5. The molecule has 0 aliphatic carbocycles. The van der Waals surface area contributed by atoms with Gasteiger partial charge in [0.25, 0.3) is 0 Å². The Kier molecular flexibility index (Phi) is 6.35. The fourth-order valence-corrected chi connectivity index (χ4v) is 7.99. The lowest BCUT2D eigenvalue weighted by Gasteiger charge is -2.36. The molecule has 0 saturated carbocycles. The summed E-state index contributed by atoms with van der Waals surface area (Å²) in [5.41, 5.74) is -0.596. The van der Waals surface area contributed by atoms with Gasteiger partial charge in [-0.1, -0.05) is 41.9 Å². The molecule has 4 saturated heterocycles. The van der Waals surface area contributed by atoms with Crippen LogP contribution in [0, 0.1) is 5.82 Å². The lowest BCUT2D eigenvalue weighted by Crippen LogP contribution is -2.55. The average Bonchev–Trinajstić information content (AvgIpc) is 3.58. The van der Waals surface area contributed by atoms with Gasteiger partial charge in [0, 0.05) is 59.8 Å². The summed E-state index contributed by atoms with van der Waals surface area (Å²) in [4.78, 5) is 18.2. The minimum Gasteiger partial charge on any atom is -0.461 e. The van der Waals surface area contributed by atoms with Crippen molar-refractivity contribution < 1.29 is 18.6 Å². The van der Waals surface area contributed by atoms with Crippen LogP contribution in [0.4, 0.5) is 14.6 Å². The number of benzene rings is 2. The fourth-order valence-electron chi connectivity index (χ4n) is 7.70. The van der Waals surface area contributed by atoms with Gasteiger partial charge >= 0.3 is 6.01 Å². The van der Waals surface area contributed by atoms with Crippen LogP contribution >= 0.6 is 11.6 Å². The second kappa shape index (κ2) is 9.95. The molecule has 4 aromatic rings. The van der Waals surface area contributed by atoms with E-state index in [9.17, 15) is 9.50 Å². The molecule has 12 heteroatoms. The van der Waals surface area contributed by atoms with Crippen molar-refractivity contribution >= 4 is 46.4 Å². The predicted octanol–water partition coefficient (Wildman–Crippen LogP) is 4.12. The summed E-state index contributed by atoms with van der Waals surface area (Å²) in [7, 11) is 1.90. The normalized spacial score (nSPS) is 30.3. The molecule has 4 aliphatic heterocycles. The molecule has 2 aromatic heterocycles. The first kappa shape index (κ1) is 27.4. The van der Waals surface area contributed by atoms with E-state index in [4.69, 9.17) is 21.3 Å². The van der Waals surface area contributed by atoms with Crippen molar-refractivity contribution in [1.29, 1.82) is 0 Å². The summed E-state index contributed by atoms with van der Waals surface area (Å²) in [6, 6.07) is 11.0. The van der Waals surface area contributed by atoms with Crippen molar-refractivity contribution in [3.8, 4) is 17.3 Å². The molecule has 8 nitrogen and oxygen atoms in total. The summed E-state index contributed by atoms with van der Waals surface area (Å²) in [6.45, 7) is 4.24. The summed E-state index contributed by atoms with van der Waals surface area (Å²) in [5.74, 6) is -0.170. The van der Waals surface area contributed by atoms with Crippen molar-refractivity contribution in [3.63, 3.8) is 0 Å². The van der Waals surface area contributed by atoms with Crippen LogP contribution in [-0.4, -0.2) is 94.2 Å². The molecule has 43 heavy (non-hydrogen) atoms. The topological polar surface area (TPSA) is 86.6 Å². The number of anilines is 1. The maximum atomic E-state index is 16.7. The van der Waals surface area contributed by atoms with Crippen LogP contribution in [0.25, 0.3) is 32.9 Å². The molecule has 2 aromatic carbocycles. The lowest BCUT2D eigenvalue weighted by molar-refractivity contribution is 0.107. The molecule has 5 atom stereocenters. The molecule has 0 unspecified atom stereocenters. The van der Waals surface area contributed by atoms with Gasteiger partial charge in [-0.2, -0.15) is 9.97 Å². The third kappa shape index (κ3) is 4.46. The molecule has 0 amide bonds. The Balaban J connectivity index is 1.25. The van der Waals surface area contributed by atoms with Gasteiger partial charge in [-0.05, 0) is 43.7 Å². The highest BCUT2D eigenvalue weighted by molar-refractivity contribution is 6.43. The number of alkyl halides is 1. The number of hydrogen-bond acceptors (Lipinski definition) is 8. The Morgan fingerprint density at radius 1 is 1.19 bits per heavy atom. The van der Waals surface area contributed by atoms with Gasteiger partial charge in [-0.3, -0.25) is 9.88 Å². The van der Waals surface area contributed by atoms with E-state index in [1.165, 1.54) is 0 Å². The van der Waals surface area contributed by atoms with Crippen LogP contribution in [0.3, 0.4) is 0 Å². The van der Waals surface area contributed by atoms with Crippen molar-refractivity contribution in [3.05, 3.63) is 53.4 Å². The highest BCUT2D eigenvalue weighted by Gasteiger charge is 2.50. The maximum absolute atomic E-state index is 16.7. The van der Waals surface area contributed by atoms with Crippen LogP contribution in [0.15, 0.2) is 42.6 Å². The zero-order valence-electron chi connectivity index (χ0n) is 23.7. The summed E-state index contributed by atoms with van der Waals surface area (Å²) in [6.07, 6.45) is 2.94. The molecule has 221 valence electrons. The molecular formula is C31H31BClF2N6O2. The number of hydrogen-bond donors (Lipinski definition) is 2. The second-order valence-electron chi connectivity index (χ2n) is 12.6. The fraction of sp³-hybridized carbons (Fsp3) is 0.452. The first-order valence-corrected chi connectivity index (χ1v) is 15.2. The van der Waals surface area contributed by atoms with E-state index in [1.807, 2.05) is 36.4 Å². The first-order chi connectivity index (χ1) is 20.7. The van der Waals surface area contributed by atoms with E-state index in [1.54, 1.807) is 25.3 Å². The predicted molar refractivity (Wildman–Crippen MR) is 163 cm³/mol. The molecular weight excluding hydrogens is 573 g/mol. The van der Waals surface area contributed by atoms with E-state index in [0.717, 1.165) is 24.8 Å². The van der Waals surface area contributed by atoms with Crippen LogP contribution in [-0.2, 0) is 0 Å². The molecule has 6 heterocycles. The van der Waals surface area contributed by atoms with E-state index in [2.05, 4.69) is 20.2 Å². The number of rotatable bonds is 5. The van der Waals surface area contributed by atoms with Crippen molar-refractivity contribution in [2.24, 2.45) is 0 Å². The number of ether oxygens (including phenoxy) is 1. The number of nitrogens with one attached hydrogen (secondary N) is 1. The zero-order chi connectivity index (χ0) is 29.5. The Morgan fingerprint density at radius 3 is 2.86 bits per heavy atom. The lowest BCUT2D eigenvalue weighted by atomic mass is 9.58. The number of halogens is 3. The van der Waals surface area contributed by atoms with Crippen LogP contribution in [0.1, 0.15) is 26.2 Å². The third-order valence-corrected chi connectivity index (χ3v) is 10.1. The van der Waals surface area contributed by atoms with E-state index >= 15 is 4.39 Å². The Bertz CT molecular complexity index is 1760. The molecule has 1 radical (unpaired) electrons. The number of aromatic nitrogens is 3. The van der Waals surface area contributed by atoms with Gasteiger partial charge in [-0.15, -0.1) is 0 Å². The van der Waals surface area contributed by atoms with Crippen molar-refractivity contribution in [2.75, 3.05) is 37.7 Å². The van der Waals surface area contributed by atoms with E-state index in [0.29, 0.717) is 53.2 Å². The Hall–Kier alpha value is -3.12. The van der Waals surface area contributed by atoms with E-state index < -0.39 is 23.0 Å². The zero-order valence-corrected chi connectivity index (χ0v) is 24.5. The van der Waals surface area contributed by atoms with Gasteiger partial charge in [0.1, 0.15) is 29.8 Å². The largest absolute Gasteiger partial charge is 0.461 e. The highest BCUT2D eigenvalue weighted by Crippen LogP contribution is 2.41. The summed E-state index contributed by atoms with van der Waals surface area (Å²) >= 11 is 6.59. The second-order valence-corrected chi connectivity index (χ2v) is 13.1. The maximum Gasteiger partial charge on any atom is 0.319 e. The minimum absolute atomic E-state index is 0.0413. The van der Waals surface area contributed by atoms with Gasteiger partial charge < -0.3 is 20.1 Å². The highest BCUT2D eigenvalue weighted by atomic mass is 35.5. The SMILES string of the molecule is C[C@]1(O)[B][C@H]2CN(c3nc(OC[C@@]45CCCN4C[C@H](F)C5)nc4c(F)c(-c5cccc6cccc(Cl)c56)ncc34)C[C@H]1N2. The van der Waals surface area contributed by atoms with E-state index in [-0.39, 0.29) is 35.8 Å². The van der Waals surface area contributed by atoms with Gasteiger partial charge in [-0.25, -0.2) is 8.78 Å². The van der Waals surface area contributed by atoms with Crippen LogP contribution in [0.2, 0.25) is 5.02 Å². The van der Waals surface area contributed by atoms with Crippen LogP contribution in [0.5, 0.6) is 6.01 Å².